The van der Waals surface area contributed by atoms with E-state index >= 15 is 0 Å². The molecular formula is C12H14F3NO3. The standard InChI is InChI=1S/C12H14F3NO3/c1-11(7-17,9-5-3-2-4-6-9)16-10(18)19-8-12(13,14)15/h2-6,17H,7-8H2,1H3,(H,16,18). The molecule has 0 spiro atoms. The number of rotatable bonds is 4. The van der Waals surface area contributed by atoms with Crippen LogP contribution in [-0.4, -0.2) is 30.6 Å². The molecule has 1 rings (SSSR count). The lowest BCUT2D eigenvalue weighted by molar-refractivity contribution is -0.160. The fourth-order valence-corrected chi connectivity index (χ4v) is 1.42. The van der Waals surface area contributed by atoms with Gasteiger partial charge in [0, 0.05) is 0 Å². The molecular weight excluding hydrogens is 263 g/mol. The molecule has 0 fully saturated rings. The SMILES string of the molecule is CC(CO)(NC(=O)OCC(F)(F)F)c1ccccc1. The number of ether oxygens (including phenoxy) is 1. The summed E-state index contributed by atoms with van der Waals surface area (Å²) in [5, 5.41) is 11.5. The number of aliphatic hydroxyl groups is 1. The Labute approximate surface area is 108 Å². The van der Waals surface area contributed by atoms with E-state index < -0.39 is 31.0 Å². The molecule has 0 heterocycles. The molecule has 1 aromatic carbocycles. The van der Waals surface area contributed by atoms with Crippen molar-refractivity contribution in [3.05, 3.63) is 35.9 Å². The Kier molecular flexibility index (Phi) is 4.77. The van der Waals surface area contributed by atoms with Crippen molar-refractivity contribution in [2.24, 2.45) is 0 Å². The molecule has 1 aromatic rings. The average molecular weight is 277 g/mol. The number of alkyl carbamates (subject to hydrolysis) is 1. The van der Waals surface area contributed by atoms with Gasteiger partial charge in [0.1, 0.15) is 0 Å². The number of nitrogens with one attached hydrogen (secondary N) is 1. The molecule has 0 bridgehead atoms. The van der Waals surface area contributed by atoms with Crippen LogP contribution in [0.2, 0.25) is 0 Å². The lowest BCUT2D eigenvalue weighted by Crippen LogP contribution is -2.47. The predicted octanol–water partition coefficient (Wildman–Crippen LogP) is 2.18. The quantitative estimate of drug-likeness (QED) is 0.887. The second-order valence-electron chi connectivity index (χ2n) is 4.17. The Bertz CT molecular complexity index is 422. The van der Waals surface area contributed by atoms with E-state index in [1.165, 1.54) is 6.92 Å². The summed E-state index contributed by atoms with van der Waals surface area (Å²) in [6.07, 6.45) is -5.82. The number of carbonyl (C=O) groups is 1. The zero-order valence-corrected chi connectivity index (χ0v) is 10.2. The molecule has 1 atom stereocenters. The summed E-state index contributed by atoms with van der Waals surface area (Å²) in [6, 6.07) is 8.39. The summed E-state index contributed by atoms with van der Waals surface area (Å²) in [7, 11) is 0. The Morgan fingerprint density at radius 1 is 1.32 bits per heavy atom. The normalized spacial score (nSPS) is 14.6. The molecule has 0 saturated heterocycles. The van der Waals surface area contributed by atoms with Crippen LogP contribution in [0, 0.1) is 0 Å². The molecule has 0 aromatic heterocycles. The lowest BCUT2D eigenvalue weighted by atomic mass is 9.93. The number of amides is 1. The van der Waals surface area contributed by atoms with Crippen molar-refractivity contribution in [2.75, 3.05) is 13.2 Å². The third-order valence-corrected chi connectivity index (χ3v) is 2.47. The highest BCUT2D eigenvalue weighted by Gasteiger charge is 2.32. The molecule has 4 nitrogen and oxygen atoms in total. The van der Waals surface area contributed by atoms with Gasteiger partial charge in [0.25, 0.3) is 0 Å². The van der Waals surface area contributed by atoms with E-state index in [0.29, 0.717) is 5.56 Å². The first-order chi connectivity index (χ1) is 8.77. The molecule has 7 heteroatoms. The van der Waals surface area contributed by atoms with Crippen LogP contribution in [0.4, 0.5) is 18.0 Å². The van der Waals surface area contributed by atoms with Gasteiger partial charge < -0.3 is 15.2 Å². The summed E-state index contributed by atoms with van der Waals surface area (Å²) in [5.74, 6) is 0. The summed E-state index contributed by atoms with van der Waals surface area (Å²) >= 11 is 0. The van der Waals surface area contributed by atoms with Gasteiger partial charge in [-0.05, 0) is 12.5 Å². The van der Waals surface area contributed by atoms with Crippen molar-refractivity contribution in [3.63, 3.8) is 0 Å². The van der Waals surface area contributed by atoms with Crippen LogP contribution in [-0.2, 0) is 10.3 Å². The van der Waals surface area contributed by atoms with E-state index in [2.05, 4.69) is 10.1 Å². The summed E-state index contributed by atoms with van der Waals surface area (Å²) in [4.78, 5) is 11.3. The summed E-state index contributed by atoms with van der Waals surface area (Å²) in [5.41, 5.74) is -0.648. The number of hydrogen-bond acceptors (Lipinski definition) is 3. The minimum Gasteiger partial charge on any atom is -0.440 e. The highest BCUT2D eigenvalue weighted by molar-refractivity contribution is 5.68. The highest BCUT2D eigenvalue weighted by atomic mass is 19.4. The van der Waals surface area contributed by atoms with Crippen LogP contribution in [0.1, 0.15) is 12.5 Å². The minimum atomic E-state index is -4.58. The van der Waals surface area contributed by atoms with Gasteiger partial charge in [-0.25, -0.2) is 4.79 Å². The van der Waals surface area contributed by atoms with Gasteiger partial charge in [0.2, 0.25) is 0 Å². The number of hydrogen-bond donors (Lipinski definition) is 2. The fourth-order valence-electron chi connectivity index (χ4n) is 1.42. The van der Waals surface area contributed by atoms with Crippen molar-refractivity contribution >= 4 is 6.09 Å². The maximum atomic E-state index is 11.9. The van der Waals surface area contributed by atoms with E-state index in [0.717, 1.165) is 0 Å². The fraction of sp³-hybridized carbons (Fsp3) is 0.417. The largest absolute Gasteiger partial charge is 0.440 e. The van der Waals surface area contributed by atoms with Gasteiger partial charge in [-0.2, -0.15) is 13.2 Å². The van der Waals surface area contributed by atoms with E-state index in [1.807, 2.05) is 0 Å². The number of alkyl halides is 3. The smallest absolute Gasteiger partial charge is 0.422 e. The topological polar surface area (TPSA) is 58.6 Å². The van der Waals surface area contributed by atoms with Crippen LogP contribution < -0.4 is 5.32 Å². The average Bonchev–Trinajstić information content (AvgIpc) is 2.36. The van der Waals surface area contributed by atoms with Crippen LogP contribution in [0.25, 0.3) is 0 Å². The zero-order chi connectivity index (χ0) is 14.5. The third kappa shape index (κ3) is 4.78. The first kappa shape index (κ1) is 15.3. The van der Waals surface area contributed by atoms with Crippen LogP contribution in [0.15, 0.2) is 30.3 Å². The second-order valence-corrected chi connectivity index (χ2v) is 4.17. The Hall–Kier alpha value is -1.76. The predicted molar refractivity (Wildman–Crippen MR) is 61.4 cm³/mol. The van der Waals surface area contributed by atoms with Crippen molar-refractivity contribution < 1.29 is 27.8 Å². The molecule has 1 amide bonds. The number of aliphatic hydroxyl groups excluding tert-OH is 1. The van der Waals surface area contributed by atoms with Gasteiger partial charge in [-0.1, -0.05) is 30.3 Å². The van der Waals surface area contributed by atoms with Gasteiger partial charge >= 0.3 is 12.3 Å². The maximum Gasteiger partial charge on any atom is 0.422 e. The molecule has 106 valence electrons. The molecule has 1 unspecified atom stereocenters. The Morgan fingerprint density at radius 2 is 1.89 bits per heavy atom. The van der Waals surface area contributed by atoms with Crippen molar-refractivity contribution in [3.8, 4) is 0 Å². The van der Waals surface area contributed by atoms with E-state index in [4.69, 9.17) is 0 Å². The number of carbonyl (C=O) groups excluding carboxylic acids is 1. The highest BCUT2D eigenvalue weighted by Crippen LogP contribution is 2.20. The first-order valence-electron chi connectivity index (χ1n) is 5.45. The Morgan fingerprint density at radius 3 is 2.37 bits per heavy atom. The van der Waals surface area contributed by atoms with E-state index in [-0.39, 0.29) is 0 Å². The molecule has 0 aliphatic carbocycles. The third-order valence-electron chi connectivity index (χ3n) is 2.47. The first-order valence-corrected chi connectivity index (χ1v) is 5.45. The van der Waals surface area contributed by atoms with Crippen molar-refractivity contribution in [1.29, 1.82) is 0 Å². The molecule has 0 aliphatic heterocycles. The summed E-state index contributed by atoms with van der Waals surface area (Å²) < 4.78 is 39.7. The molecule has 19 heavy (non-hydrogen) atoms. The van der Waals surface area contributed by atoms with Crippen LogP contribution >= 0.6 is 0 Å². The molecule has 2 N–H and O–H groups in total. The van der Waals surface area contributed by atoms with Crippen LogP contribution in [0.3, 0.4) is 0 Å². The Balaban J connectivity index is 2.69. The minimum absolute atomic E-state index is 0.474. The van der Waals surface area contributed by atoms with E-state index in [1.54, 1.807) is 30.3 Å². The van der Waals surface area contributed by atoms with Gasteiger partial charge in [-0.3, -0.25) is 0 Å². The number of benzene rings is 1. The molecule has 0 radical (unpaired) electrons. The lowest BCUT2D eigenvalue weighted by Gasteiger charge is -2.28. The van der Waals surface area contributed by atoms with E-state index in [9.17, 15) is 23.1 Å². The number of halogens is 3. The molecule has 0 saturated carbocycles. The van der Waals surface area contributed by atoms with Crippen molar-refractivity contribution in [1.82, 2.24) is 5.32 Å². The van der Waals surface area contributed by atoms with Gasteiger partial charge in [0.05, 0.1) is 12.1 Å². The maximum absolute atomic E-state index is 11.9. The summed E-state index contributed by atoms with van der Waals surface area (Å²) in [6.45, 7) is -0.662. The zero-order valence-electron chi connectivity index (χ0n) is 10.2. The second kappa shape index (κ2) is 5.92. The van der Waals surface area contributed by atoms with Gasteiger partial charge in [0.15, 0.2) is 6.61 Å². The molecule has 0 aliphatic rings. The van der Waals surface area contributed by atoms with Gasteiger partial charge in [-0.15, -0.1) is 0 Å². The monoisotopic (exact) mass is 277 g/mol. The van der Waals surface area contributed by atoms with Crippen LogP contribution in [0.5, 0.6) is 0 Å². The van der Waals surface area contributed by atoms with Crippen molar-refractivity contribution in [2.45, 2.75) is 18.6 Å².